The van der Waals surface area contributed by atoms with Gasteiger partial charge in [-0.05, 0) is 29.8 Å². The lowest BCUT2D eigenvalue weighted by Crippen LogP contribution is -2.29. The average Bonchev–Trinajstić information content (AvgIpc) is 2.50. The molecule has 0 radical (unpaired) electrons. The van der Waals surface area contributed by atoms with E-state index in [1.807, 2.05) is 30.3 Å². The molecule has 0 amide bonds. The Labute approximate surface area is 115 Å². The fraction of sp³-hybridized carbons (Fsp3) is 0.0667. The summed E-state index contributed by atoms with van der Waals surface area (Å²) in [6.07, 6.45) is 4.47. The van der Waals surface area contributed by atoms with Crippen molar-refractivity contribution >= 4 is 10.9 Å². The number of halogens is 1. The zero-order valence-electron chi connectivity index (χ0n) is 10.6. The molecule has 1 aromatic carbocycles. The zero-order valence-corrected chi connectivity index (χ0v) is 10.6. The van der Waals surface area contributed by atoms with Gasteiger partial charge in [0.05, 0.1) is 17.8 Å². The van der Waals surface area contributed by atoms with Crippen molar-refractivity contribution in [2.24, 2.45) is 5.84 Å². The van der Waals surface area contributed by atoms with Crippen molar-refractivity contribution in [2.75, 3.05) is 0 Å². The minimum atomic E-state index is -0.428. The first kappa shape index (κ1) is 12.7. The van der Waals surface area contributed by atoms with E-state index in [0.29, 0.717) is 5.56 Å². The maximum absolute atomic E-state index is 13.9. The van der Waals surface area contributed by atoms with Crippen LogP contribution >= 0.6 is 0 Å². The molecule has 20 heavy (non-hydrogen) atoms. The van der Waals surface area contributed by atoms with Gasteiger partial charge in [-0.15, -0.1) is 0 Å². The molecule has 5 heteroatoms. The van der Waals surface area contributed by atoms with Crippen LogP contribution in [0.1, 0.15) is 17.2 Å². The Morgan fingerprint density at radius 1 is 1.15 bits per heavy atom. The molecule has 0 bridgehead atoms. The lowest BCUT2D eigenvalue weighted by Gasteiger charge is -2.17. The molecule has 0 aliphatic carbocycles. The van der Waals surface area contributed by atoms with E-state index < -0.39 is 6.04 Å². The van der Waals surface area contributed by atoms with E-state index in [1.165, 1.54) is 6.20 Å². The molecule has 100 valence electrons. The van der Waals surface area contributed by atoms with Crippen LogP contribution in [0.4, 0.5) is 4.39 Å². The summed E-state index contributed by atoms with van der Waals surface area (Å²) in [6, 6.07) is 10.8. The highest BCUT2D eigenvalue weighted by atomic mass is 19.1. The van der Waals surface area contributed by atoms with Gasteiger partial charge >= 0.3 is 0 Å². The first-order valence-corrected chi connectivity index (χ1v) is 6.20. The highest BCUT2D eigenvalue weighted by molar-refractivity contribution is 5.79. The summed E-state index contributed by atoms with van der Waals surface area (Å²) in [5.74, 6) is 5.21. The fourth-order valence-electron chi connectivity index (χ4n) is 2.26. The third-order valence-corrected chi connectivity index (χ3v) is 3.24. The van der Waals surface area contributed by atoms with Crippen LogP contribution in [-0.2, 0) is 0 Å². The molecule has 3 aromatic rings. The van der Waals surface area contributed by atoms with Gasteiger partial charge in [0.1, 0.15) is 5.82 Å². The lowest BCUT2D eigenvalue weighted by molar-refractivity contribution is 0.556. The Balaban J connectivity index is 2.10. The summed E-state index contributed by atoms with van der Waals surface area (Å²) in [6.45, 7) is 0. The van der Waals surface area contributed by atoms with Crippen molar-refractivity contribution in [2.45, 2.75) is 6.04 Å². The van der Waals surface area contributed by atoms with Crippen molar-refractivity contribution < 1.29 is 4.39 Å². The standard InChI is InChI=1S/C15H13FN4/c16-13-9-18-7-5-12(13)15(20-17)11-3-4-14-10(8-11)2-1-6-19-14/h1-9,15,20H,17H2. The van der Waals surface area contributed by atoms with Crippen LogP contribution in [0, 0.1) is 5.82 Å². The van der Waals surface area contributed by atoms with Crippen LogP contribution in [0.5, 0.6) is 0 Å². The SMILES string of the molecule is NNC(c1ccc2ncccc2c1)c1ccncc1F. The number of nitrogens with two attached hydrogens (primary N) is 1. The Morgan fingerprint density at radius 3 is 2.85 bits per heavy atom. The second-order valence-electron chi connectivity index (χ2n) is 4.45. The minimum Gasteiger partial charge on any atom is -0.271 e. The third kappa shape index (κ3) is 2.24. The molecule has 0 spiro atoms. The highest BCUT2D eigenvalue weighted by Crippen LogP contribution is 2.25. The predicted octanol–water partition coefficient (Wildman–Crippen LogP) is 2.32. The van der Waals surface area contributed by atoms with Gasteiger partial charge in [0.2, 0.25) is 0 Å². The van der Waals surface area contributed by atoms with E-state index in [9.17, 15) is 4.39 Å². The molecule has 0 saturated heterocycles. The topological polar surface area (TPSA) is 63.8 Å². The van der Waals surface area contributed by atoms with Gasteiger partial charge in [0.25, 0.3) is 0 Å². The van der Waals surface area contributed by atoms with Gasteiger partial charge in [-0.1, -0.05) is 12.1 Å². The van der Waals surface area contributed by atoms with Crippen LogP contribution in [0.15, 0.2) is 55.0 Å². The molecule has 3 N–H and O–H groups in total. The molecule has 0 aliphatic heterocycles. The number of pyridine rings is 2. The number of hydrazine groups is 1. The second-order valence-corrected chi connectivity index (χ2v) is 4.45. The van der Waals surface area contributed by atoms with Gasteiger partial charge in [-0.3, -0.25) is 15.8 Å². The van der Waals surface area contributed by atoms with Gasteiger partial charge < -0.3 is 0 Å². The summed E-state index contributed by atoms with van der Waals surface area (Å²) in [7, 11) is 0. The number of hydrogen-bond donors (Lipinski definition) is 2. The van der Waals surface area contributed by atoms with Crippen LogP contribution in [-0.4, -0.2) is 9.97 Å². The molecule has 0 saturated carbocycles. The maximum Gasteiger partial charge on any atom is 0.146 e. The van der Waals surface area contributed by atoms with Crippen LogP contribution in [0.3, 0.4) is 0 Å². The number of nitrogens with zero attached hydrogens (tertiary/aromatic N) is 2. The first-order valence-electron chi connectivity index (χ1n) is 6.20. The number of benzene rings is 1. The van der Waals surface area contributed by atoms with Crippen molar-refractivity contribution in [1.29, 1.82) is 0 Å². The Morgan fingerprint density at radius 2 is 2.05 bits per heavy atom. The zero-order chi connectivity index (χ0) is 13.9. The van der Waals surface area contributed by atoms with Gasteiger partial charge in [-0.25, -0.2) is 9.82 Å². The lowest BCUT2D eigenvalue weighted by atomic mass is 9.98. The van der Waals surface area contributed by atoms with Crippen molar-refractivity contribution in [1.82, 2.24) is 15.4 Å². The molecular weight excluding hydrogens is 255 g/mol. The highest BCUT2D eigenvalue weighted by Gasteiger charge is 2.16. The van der Waals surface area contributed by atoms with Crippen molar-refractivity contribution in [3.8, 4) is 0 Å². The summed E-state index contributed by atoms with van der Waals surface area (Å²) < 4.78 is 13.9. The molecule has 1 atom stereocenters. The molecule has 1 unspecified atom stereocenters. The Hall–Kier alpha value is -2.37. The van der Waals surface area contributed by atoms with Gasteiger partial charge in [0, 0.05) is 23.3 Å². The smallest absolute Gasteiger partial charge is 0.146 e. The molecule has 4 nitrogen and oxygen atoms in total. The Bertz CT molecular complexity index is 745. The molecule has 2 heterocycles. The van der Waals surface area contributed by atoms with Crippen LogP contribution < -0.4 is 11.3 Å². The predicted molar refractivity (Wildman–Crippen MR) is 75.1 cm³/mol. The fourth-order valence-corrected chi connectivity index (χ4v) is 2.26. The minimum absolute atomic E-state index is 0.387. The molecule has 2 aromatic heterocycles. The summed E-state index contributed by atoms with van der Waals surface area (Å²) >= 11 is 0. The Kier molecular flexibility index (Phi) is 3.37. The van der Waals surface area contributed by atoms with E-state index in [-0.39, 0.29) is 5.82 Å². The largest absolute Gasteiger partial charge is 0.271 e. The van der Waals surface area contributed by atoms with Gasteiger partial charge in [-0.2, -0.15) is 0 Å². The normalized spacial score (nSPS) is 12.5. The van der Waals surface area contributed by atoms with E-state index >= 15 is 0 Å². The first-order chi connectivity index (χ1) is 9.79. The summed E-state index contributed by atoms with van der Waals surface area (Å²) in [4.78, 5) is 8.01. The van der Waals surface area contributed by atoms with E-state index in [2.05, 4.69) is 15.4 Å². The number of aromatic nitrogens is 2. The van der Waals surface area contributed by atoms with Crippen molar-refractivity contribution in [3.05, 3.63) is 71.9 Å². The molecular formula is C15H13FN4. The number of hydrogen-bond acceptors (Lipinski definition) is 4. The van der Waals surface area contributed by atoms with E-state index in [1.54, 1.807) is 18.5 Å². The van der Waals surface area contributed by atoms with E-state index in [4.69, 9.17) is 5.84 Å². The summed E-state index contributed by atoms with van der Waals surface area (Å²) in [5, 5.41) is 0.986. The maximum atomic E-state index is 13.9. The average molecular weight is 268 g/mol. The van der Waals surface area contributed by atoms with Crippen molar-refractivity contribution in [3.63, 3.8) is 0 Å². The van der Waals surface area contributed by atoms with Gasteiger partial charge in [0.15, 0.2) is 0 Å². The number of fused-ring (bicyclic) bond motifs is 1. The number of rotatable bonds is 3. The summed E-state index contributed by atoms with van der Waals surface area (Å²) in [5.41, 5.74) is 4.88. The molecule has 0 fully saturated rings. The van der Waals surface area contributed by atoms with Crippen LogP contribution in [0.2, 0.25) is 0 Å². The van der Waals surface area contributed by atoms with E-state index in [0.717, 1.165) is 16.5 Å². The second kappa shape index (κ2) is 5.32. The number of nitrogens with one attached hydrogen (secondary N) is 1. The van der Waals surface area contributed by atoms with Crippen LogP contribution in [0.25, 0.3) is 10.9 Å². The molecule has 0 aliphatic rings. The quantitative estimate of drug-likeness (QED) is 0.565. The monoisotopic (exact) mass is 268 g/mol. The third-order valence-electron chi connectivity index (χ3n) is 3.24. The molecule has 3 rings (SSSR count).